The highest BCUT2D eigenvalue weighted by Gasteiger charge is 2.29. The molecule has 0 atom stereocenters. The number of methoxy groups -OCH3 is 1. The summed E-state index contributed by atoms with van der Waals surface area (Å²) in [5, 5.41) is 1.97. The van der Waals surface area contributed by atoms with Gasteiger partial charge in [-0.25, -0.2) is 4.98 Å². The monoisotopic (exact) mass is 388 g/mol. The van der Waals surface area contributed by atoms with Gasteiger partial charge in [-0.05, 0) is 40.6 Å². The molecular formula is C22H20N4O3. The predicted molar refractivity (Wildman–Crippen MR) is 111 cm³/mol. The molecule has 2 aromatic carbocycles. The van der Waals surface area contributed by atoms with E-state index in [4.69, 9.17) is 16.2 Å². The van der Waals surface area contributed by atoms with Crippen LogP contribution in [0, 0.1) is 0 Å². The van der Waals surface area contributed by atoms with E-state index in [2.05, 4.69) is 11.6 Å². The number of nitrogens with zero attached hydrogens (tertiary/aromatic N) is 2. The van der Waals surface area contributed by atoms with Crippen molar-refractivity contribution in [3.63, 3.8) is 0 Å². The first kappa shape index (κ1) is 18.5. The van der Waals surface area contributed by atoms with Crippen molar-refractivity contribution in [3.8, 4) is 17.1 Å². The highest BCUT2D eigenvalue weighted by Crippen LogP contribution is 2.34. The topological polar surface area (TPSA) is 112 Å². The van der Waals surface area contributed by atoms with Crippen molar-refractivity contribution in [3.05, 3.63) is 65.7 Å². The molecule has 1 aliphatic heterocycles. The van der Waals surface area contributed by atoms with E-state index in [1.54, 1.807) is 11.0 Å². The summed E-state index contributed by atoms with van der Waals surface area (Å²) >= 11 is 0. The van der Waals surface area contributed by atoms with Gasteiger partial charge in [0.1, 0.15) is 0 Å². The maximum atomic E-state index is 12.8. The van der Waals surface area contributed by atoms with Crippen LogP contribution in [0.2, 0.25) is 0 Å². The van der Waals surface area contributed by atoms with Crippen molar-refractivity contribution in [2.45, 2.75) is 6.54 Å². The number of ether oxygens (including phenoxy) is 1. The molecule has 0 fully saturated rings. The zero-order chi connectivity index (χ0) is 20.7. The number of aromatic nitrogens is 1. The fraction of sp³-hybridized carbons (Fsp3) is 0.136. The van der Waals surface area contributed by atoms with E-state index in [9.17, 15) is 9.59 Å². The zero-order valence-electron chi connectivity index (χ0n) is 15.9. The molecule has 7 heteroatoms. The molecule has 7 nitrogen and oxygen atoms in total. The average molecular weight is 388 g/mol. The van der Waals surface area contributed by atoms with Crippen molar-refractivity contribution >= 4 is 28.3 Å². The first-order valence-corrected chi connectivity index (χ1v) is 9.02. The minimum absolute atomic E-state index is 0.112. The van der Waals surface area contributed by atoms with Gasteiger partial charge in [0.25, 0.3) is 5.91 Å². The Balaban J connectivity index is 1.77. The minimum Gasteiger partial charge on any atom is -0.480 e. The number of fused-ring (bicyclic) bond motifs is 3. The second kappa shape index (κ2) is 6.94. The van der Waals surface area contributed by atoms with E-state index >= 15 is 0 Å². The number of nitrogens with two attached hydrogens (primary N) is 2. The Morgan fingerprint density at radius 1 is 1.24 bits per heavy atom. The van der Waals surface area contributed by atoms with Gasteiger partial charge in [-0.3, -0.25) is 9.59 Å². The lowest BCUT2D eigenvalue weighted by Crippen LogP contribution is -2.30. The average Bonchev–Trinajstić information content (AvgIpc) is 3.04. The standard InChI is InChI=1S/C22H20N4O3/c1-12(20(24)27)10-26-11-17-15(22(26)28)6-5-13-3-4-14(9-16(13)17)19-8-7-18(23)21(25-19)29-2/h3-9H,1,10-11,23H2,2H3,(H2,24,27). The lowest BCUT2D eigenvalue weighted by Gasteiger charge is -2.15. The van der Waals surface area contributed by atoms with Crippen molar-refractivity contribution in [2.75, 3.05) is 19.4 Å². The molecule has 0 saturated carbocycles. The van der Waals surface area contributed by atoms with Gasteiger partial charge in [-0.2, -0.15) is 0 Å². The fourth-order valence-electron chi connectivity index (χ4n) is 3.56. The highest BCUT2D eigenvalue weighted by atomic mass is 16.5. The molecule has 0 unspecified atom stereocenters. The maximum Gasteiger partial charge on any atom is 0.254 e. The number of nitrogen functional groups attached to an aromatic ring is 1. The van der Waals surface area contributed by atoms with Crippen LogP contribution < -0.4 is 16.2 Å². The number of primary amides is 1. The molecule has 0 radical (unpaired) electrons. The first-order valence-electron chi connectivity index (χ1n) is 9.02. The molecule has 0 spiro atoms. The summed E-state index contributed by atoms with van der Waals surface area (Å²) in [6.45, 7) is 4.16. The largest absolute Gasteiger partial charge is 0.480 e. The molecule has 0 aliphatic carbocycles. The summed E-state index contributed by atoms with van der Waals surface area (Å²) in [4.78, 5) is 30.1. The van der Waals surface area contributed by atoms with E-state index in [-0.39, 0.29) is 18.0 Å². The summed E-state index contributed by atoms with van der Waals surface area (Å²) in [7, 11) is 1.52. The van der Waals surface area contributed by atoms with E-state index in [0.29, 0.717) is 23.7 Å². The van der Waals surface area contributed by atoms with Gasteiger partial charge in [-0.1, -0.05) is 24.8 Å². The number of anilines is 1. The van der Waals surface area contributed by atoms with Crippen LogP contribution in [0.15, 0.2) is 54.6 Å². The number of benzene rings is 2. The van der Waals surface area contributed by atoms with Crippen LogP contribution in [-0.2, 0) is 11.3 Å². The van der Waals surface area contributed by atoms with Gasteiger partial charge in [0.05, 0.1) is 25.0 Å². The van der Waals surface area contributed by atoms with Crippen LogP contribution in [0.1, 0.15) is 15.9 Å². The molecule has 0 saturated heterocycles. The Morgan fingerprint density at radius 3 is 2.72 bits per heavy atom. The second-order valence-electron chi connectivity index (χ2n) is 6.95. The van der Waals surface area contributed by atoms with Crippen LogP contribution in [0.4, 0.5) is 5.69 Å². The smallest absolute Gasteiger partial charge is 0.254 e. The molecule has 1 aliphatic rings. The van der Waals surface area contributed by atoms with E-state index in [0.717, 1.165) is 27.6 Å². The van der Waals surface area contributed by atoms with Crippen LogP contribution in [0.3, 0.4) is 0 Å². The van der Waals surface area contributed by atoms with Crippen molar-refractivity contribution in [1.29, 1.82) is 0 Å². The minimum atomic E-state index is -0.607. The van der Waals surface area contributed by atoms with Gasteiger partial charge in [0.15, 0.2) is 0 Å². The molecule has 2 heterocycles. The third-order valence-electron chi connectivity index (χ3n) is 5.11. The van der Waals surface area contributed by atoms with Gasteiger partial charge in [0.2, 0.25) is 11.8 Å². The van der Waals surface area contributed by atoms with Crippen molar-refractivity contribution in [1.82, 2.24) is 9.88 Å². The number of carbonyl (C=O) groups is 2. The molecule has 4 rings (SSSR count). The first-order chi connectivity index (χ1) is 13.9. The number of hydrogen-bond donors (Lipinski definition) is 2. The van der Waals surface area contributed by atoms with E-state index < -0.39 is 5.91 Å². The molecule has 0 bridgehead atoms. The number of pyridine rings is 1. The van der Waals surface area contributed by atoms with Crippen LogP contribution in [-0.4, -0.2) is 35.4 Å². The molecule has 146 valence electrons. The normalized spacial score (nSPS) is 12.9. The Hall–Kier alpha value is -3.87. The SMILES string of the molecule is C=C(CN1Cc2c(ccc3ccc(-c4ccc(N)c(OC)n4)cc23)C1=O)C(N)=O. The summed E-state index contributed by atoms with van der Waals surface area (Å²) in [5.74, 6) is -0.376. The predicted octanol–water partition coefficient (Wildman–Crippen LogP) is 2.49. The van der Waals surface area contributed by atoms with Gasteiger partial charge in [0, 0.05) is 23.2 Å². The van der Waals surface area contributed by atoms with Gasteiger partial charge in [-0.15, -0.1) is 0 Å². The molecular weight excluding hydrogens is 368 g/mol. The van der Waals surface area contributed by atoms with Crippen molar-refractivity contribution in [2.24, 2.45) is 5.73 Å². The Morgan fingerprint density at radius 2 is 2.00 bits per heavy atom. The summed E-state index contributed by atoms with van der Waals surface area (Å²) in [6, 6.07) is 13.3. The lowest BCUT2D eigenvalue weighted by molar-refractivity contribution is -0.114. The lowest BCUT2D eigenvalue weighted by atomic mass is 9.98. The summed E-state index contributed by atoms with van der Waals surface area (Å²) < 4.78 is 5.22. The Bertz CT molecular complexity index is 1190. The van der Waals surface area contributed by atoms with Crippen LogP contribution in [0.5, 0.6) is 5.88 Å². The van der Waals surface area contributed by atoms with Gasteiger partial charge >= 0.3 is 0 Å². The zero-order valence-corrected chi connectivity index (χ0v) is 15.9. The third-order valence-corrected chi connectivity index (χ3v) is 5.11. The number of amides is 2. The Labute approximate surface area is 167 Å². The number of hydrogen-bond acceptors (Lipinski definition) is 5. The second-order valence-corrected chi connectivity index (χ2v) is 6.95. The molecule has 3 aromatic rings. The number of carbonyl (C=O) groups excluding carboxylic acids is 2. The molecule has 2 amide bonds. The number of rotatable bonds is 5. The Kier molecular flexibility index (Phi) is 4.43. The summed E-state index contributed by atoms with van der Waals surface area (Å²) in [6.07, 6.45) is 0. The van der Waals surface area contributed by atoms with E-state index in [1.807, 2.05) is 36.4 Å². The van der Waals surface area contributed by atoms with E-state index in [1.165, 1.54) is 7.11 Å². The molecule has 4 N–H and O–H groups in total. The quantitative estimate of drug-likeness (QED) is 0.652. The van der Waals surface area contributed by atoms with Gasteiger partial charge < -0.3 is 21.1 Å². The summed E-state index contributed by atoms with van der Waals surface area (Å²) in [5.41, 5.74) is 14.9. The third kappa shape index (κ3) is 3.16. The van der Waals surface area contributed by atoms with Crippen LogP contribution >= 0.6 is 0 Å². The maximum absolute atomic E-state index is 12.8. The highest BCUT2D eigenvalue weighted by molar-refractivity contribution is 6.05. The molecule has 29 heavy (non-hydrogen) atoms. The van der Waals surface area contributed by atoms with Crippen molar-refractivity contribution < 1.29 is 14.3 Å². The van der Waals surface area contributed by atoms with Crippen LogP contribution in [0.25, 0.3) is 22.0 Å². The fourth-order valence-corrected chi connectivity index (χ4v) is 3.56. The molecule has 1 aromatic heterocycles.